The quantitative estimate of drug-likeness (QED) is 0.368. The summed E-state index contributed by atoms with van der Waals surface area (Å²) in [6.45, 7) is 9.55. The number of ether oxygens (including phenoxy) is 1. The average molecular weight is 252 g/mol. The molecular weight excluding hydrogens is 232 g/mol. The number of rotatable bonds is 4. The molecule has 100 valence electrons. The van der Waals surface area contributed by atoms with Crippen LogP contribution in [-0.2, 0) is 0 Å². The molecule has 0 aliphatic heterocycles. The molecule has 0 saturated carbocycles. The Labute approximate surface area is 107 Å². The summed E-state index contributed by atoms with van der Waals surface area (Å²) in [6, 6.07) is 0. The first-order chi connectivity index (χ1) is 8.32. The third kappa shape index (κ3) is 2.88. The van der Waals surface area contributed by atoms with E-state index in [1.165, 1.54) is 0 Å². The second-order valence-corrected chi connectivity index (χ2v) is 4.79. The molecule has 0 unspecified atom stereocenters. The van der Waals surface area contributed by atoms with Crippen LogP contribution < -0.4 is 10.5 Å². The Kier molecular flexibility index (Phi) is 4.11. The van der Waals surface area contributed by atoms with Crippen molar-refractivity contribution in [2.45, 2.75) is 46.6 Å². The van der Waals surface area contributed by atoms with Crippen molar-refractivity contribution in [1.29, 1.82) is 0 Å². The van der Waals surface area contributed by atoms with Crippen molar-refractivity contribution < 1.29 is 9.94 Å². The Morgan fingerprint density at radius 2 is 2.00 bits per heavy atom. The lowest BCUT2D eigenvalue weighted by atomic mass is 10.1. The summed E-state index contributed by atoms with van der Waals surface area (Å²) in [5.41, 5.74) is 7.30. The molecule has 1 rings (SSSR count). The smallest absolute Gasteiger partial charge is 0.245 e. The van der Waals surface area contributed by atoms with Crippen LogP contribution in [0.4, 0.5) is 0 Å². The lowest BCUT2D eigenvalue weighted by molar-refractivity contribution is 0.0970. The maximum Gasteiger partial charge on any atom is 0.245 e. The topological polar surface area (TPSA) is 93.6 Å². The summed E-state index contributed by atoms with van der Waals surface area (Å²) in [5, 5.41) is 19.9. The molecule has 0 fully saturated rings. The highest BCUT2D eigenvalue weighted by atomic mass is 16.5. The number of nitrogens with two attached hydrogens (primary N) is 1. The van der Waals surface area contributed by atoms with E-state index in [0.717, 1.165) is 17.7 Å². The summed E-state index contributed by atoms with van der Waals surface area (Å²) in [6.07, 6.45) is 0.803. The van der Waals surface area contributed by atoms with Crippen LogP contribution in [0, 0.1) is 13.8 Å². The number of hydrogen-bond acceptors (Lipinski definition) is 5. The van der Waals surface area contributed by atoms with Crippen LogP contribution in [0.2, 0.25) is 0 Å². The lowest BCUT2D eigenvalue weighted by Crippen LogP contribution is -2.30. The molecule has 0 spiro atoms. The first kappa shape index (κ1) is 14.2. The van der Waals surface area contributed by atoms with Crippen molar-refractivity contribution in [3.05, 3.63) is 16.8 Å². The van der Waals surface area contributed by atoms with Crippen molar-refractivity contribution in [1.82, 2.24) is 10.2 Å². The molecule has 0 saturated heterocycles. The lowest BCUT2D eigenvalue weighted by Gasteiger charge is -2.25. The Morgan fingerprint density at radius 1 is 1.39 bits per heavy atom. The molecule has 6 heteroatoms. The third-order valence-corrected chi connectivity index (χ3v) is 3.01. The van der Waals surface area contributed by atoms with Crippen LogP contribution in [0.15, 0.2) is 5.16 Å². The third-order valence-electron chi connectivity index (χ3n) is 3.01. The molecule has 18 heavy (non-hydrogen) atoms. The van der Waals surface area contributed by atoms with Gasteiger partial charge in [-0.05, 0) is 39.7 Å². The Bertz CT molecular complexity index is 469. The Morgan fingerprint density at radius 3 is 2.50 bits per heavy atom. The summed E-state index contributed by atoms with van der Waals surface area (Å²) in [5.74, 6) is 0.271. The fourth-order valence-corrected chi connectivity index (χ4v) is 1.34. The van der Waals surface area contributed by atoms with Crippen molar-refractivity contribution in [2.75, 3.05) is 0 Å². The number of nitrogens with zero attached hydrogens (tertiary/aromatic N) is 3. The largest absolute Gasteiger partial charge is 0.470 e. The summed E-state index contributed by atoms with van der Waals surface area (Å²) < 4.78 is 5.80. The predicted octanol–water partition coefficient (Wildman–Crippen LogP) is 1.76. The molecule has 0 aromatic carbocycles. The molecule has 0 aliphatic carbocycles. The fourth-order valence-electron chi connectivity index (χ4n) is 1.34. The van der Waals surface area contributed by atoms with E-state index in [-0.39, 0.29) is 11.4 Å². The molecule has 0 atom stereocenters. The molecule has 0 aliphatic rings. The van der Waals surface area contributed by atoms with Gasteiger partial charge in [0.1, 0.15) is 5.60 Å². The van der Waals surface area contributed by atoms with Gasteiger partial charge < -0.3 is 15.7 Å². The summed E-state index contributed by atoms with van der Waals surface area (Å²) >= 11 is 0. The van der Waals surface area contributed by atoms with E-state index in [1.54, 1.807) is 0 Å². The van der Waals surface area contributed by atoms with E-state index in [0.29, 0.717) is 11.4 Å². The van der Waals surface area contributed by atoms with E-state index in [4.69, 9.17) is 15.7 Å². The zero-order valence-electron chi connectivity index (χ0n) is 11.5. The summed E-state index contributed by atoms with van der Waals surface area (Å²) in [4.78, 5) is 0. The van der Waals surface area contributed by atoms with Gasteiger partial charge in [-0.2, -0.15) is 5.10 Å². The number of oxime groups is 1. The van der Waals surface area contributed by atoms with E-state index < -0.39 is 0 Å². The first-order valence-electron chi connectivity index (χ1n) is 5.83. The monoisotopic (exact) mass is 252 g/mol. The van der Waals surface area contributed by atoms with E-state index in [9.17, 15) is 0 Å². The fraction of sp³-hybridized carbons (Fsp3) is 0.583. The zero-order valence-corrected chi connectivity index (χ0v) is 11.5. The van der Waals surface area contributed by atoms with Crippen LogP contribution in [0.1, 0.15) is 44.0 Å². The summed E-state index contributed by atoms with van der Waals surface area (Å²) in [7, 11) is 0. The zero-order chi connectivity index (χ0) is 13.9. The van der Waals surface area contributed by atoms with Gasteiger partial charge in [0.2, 0.25) is 5.88 Å². The molecule has 6 nitrogen and oxygen atoms in total. The van der Waals surface area contributed by atoms with Gasteiger partial charge in [-0.1, -0.05) is 12.1 Å². The number of hydrogen-bond donors (Lipinski definition) is 2. The minimum Gasteiger partial charge on any atom is -0.470 e. The molecule has 0 radical (unpaired) electrons. The number of aromatic nitrogens is 2. The van der Waals surface area contributed by atoms with Crippen LogP contribution in [0.5, 0.6) is 5.88 Å². The molecule has 1 aromatic heterocycles. The van der Waals surface area contributed by atoms with Crippen molar-refractivity contribution in [2.24, 2.45) is 10.9 Å². The van der Waals surface area contributed by atoms with Gasteiger partial charge in [0, 0.05) is 0 Å². The van der Waals surface area contributed by atoms with Crippen molar-refractivity contribution >= 4 is 5.84 Å². The minimum absolute atomic E-state index is 0.0209. The molecule has 0 bridgehead atoms. The van der Waals surface area contributed by atoms with Crippen molar-refractivity contribution in [3.8, 4) is 5.88 Å². The average Bonchev–Trinajstić information content (AvgIpc) is 2.33. The maximum atomic E-state index is 8.84. The van der Waals surface area contributed by atoms with Gasteiger partial charge in [-0.25, -0.2) is 0 Å². The van der Waals surface area contributed by atoms with E-state index in [1.807, 2.05) is 34.6 Å². The van der Waals surface area contributed by atoms with Gasteiger partial charge in [0.25, 0.3) is 0 Å². The minimum atomic E-state index is -0.388. The predicted molar refractivity (Wildman–Crippen MR) is 69.0 cm³/mol. The standard InChI is InChI=1S/C12H20N4O2/c1-6-12(4,5)18-11-9(10(13)16-17)7(2)8(3)14-15-11/h17H,6H2,1-5H3,(H2,13,16). The molecular formula is C12H20N4O2. The van der Waals surface area contributed by atoms with Gasteiger partial charge in [0.05, 0.1) is 11.3 Å². The van der Waals surface area contributed by atoms with E-state index in [2.05, 4.69) is 15.4 Å². The van der Waals surface area contributed by atoms with Gasteiger partial charge >= 0.3 is 0 Å². The molecule has 3 N–H and O–H groups in total. The molecule has 0 amide bonds. The molecule has 1 heterocycles. The van der Waals surface area contributed by atoms with Gasteiger partial charge in [-0.3, -0.25) is 0 Å². The van der Waals surface area contributed by atoms with Gasteiger partial charge in [0.15, 0.2) is 5.84 Å². The second-order valence-electron chi connectivity index (χ2n) is 4.79. The first-order valence-corrected chi connectivity index (χ1v) is 5.83. The number of amidine groups is 1. The van der Waals surface area contributed by atoms with Gasteiger partial charge in [-0.15, -0.1) is 5.10 Å². The highest BCUT2D eigenvalue weighted by Crippen LogP contribution is 2.25. The Balaban J connectivity index is 3.32. The highest BCUT2D eigenvalue weighted by Gasteiger charge is 2.23. The maximum absolute atomic E-state index is 8.84. The normalized spacial score (nSPS) is 12.6. The van der Waals surface area contributed by atoms with Crippen LogP contribution in [0.25, 0.3) is 0 Å². The molecule has 1 aromatic rings. The van der Waals surface area contributed by atoms with Crippen LogP contribution >= 0.6 is 0 Å². The van der Waals surface area contributed by atoms with Crippen molar-refractivity contribution in [3.63, 3.8) is 0 Å². The second kappa shape index (κ2) is 5.20. The van der Waals surface area contributed by atoms with Crippen LogP contribution in [-0.4, -0.2) is 26.8 Å². The SMILES string of the molecule is CCC(C)(C)Oc1nnc(C)c(C)c1/C(N)=N/O. The van der Waals surface area contributed by atoms with E-state index >= 15 is 0 Å². The highest BCUT2D eigenvalue weighted by molar-refractivity contribution is 6.00. The van der Waals surface area contributed by atoms with Crippen LogP contribution in [0.3, 0.4) is 0 Å². The number of aryl methyl sites for hydroxylation is 1. The Hall–Kier alpha value is -1.85.